The van der Waals surface area contributed by atoms with Gasteiger partial charge in [-0.25, -0.2) is 15.4 Å². The van der Waals surface area contributed by atoms with Gasteiger partial charge >= 0.3 is 12.1 Å². The summed E-state index contributed by atoms with van der Waals surface area (Å²) in [4.78, 5) is 24.1. The second-order valence-electron chi connectivity index (χ2n) is 5.22. The van der Waals surface area contributed by atoms with E-state index in [0.29, 0.717) is 19.5 Å². The minimum atomic E-state index is -1.33. The minimum Gasteiger partial charge on any atom is -0.476 e. The molecule has 1 fully saturated rings. The lowest BCUT2D eigenvalue weighted by Crippen LogP contribution is -2.51. The Balaban J connectivity index is 3.06. The van der Waals surface area contributed by atoms with Gasteiger partial charge in [-0.15, -0.1) is 0 Å². The Kier molecular flexibility index (Phi) is 4.25. The predicted octanol–water partition coefficient (Wildman–Crippen LogP) is 0.0153. The molecule has 1 rings (SSSR count). The van der Waals surface area contributed by atoms with Crippen molar-refractivity contribution < 1.29 is 19.4 Å². The molecule has 0 aromatic rings. The van der Waals surface area contributed by atoms with Crippen molar-refractivity contribution in [1.82, 2.24) is 9.91 Å². The molecule has 8 heteroatoms. The van der Waals surface area contributed by atoms with Crippen LogP contribution in [0.4, 0.5) is 4.79 Å². The van der Waals surface area contributed by atoms with Gasteiger partial charge in [0.2, 0.25) is 0 Å². The summed E-state index contributed by atoms with van der Waals surface area (Å²) in [6, 6.07) is 0. The van der Waals surface area contributed by atoms with Crippen molar-refractivity contribution in [3.05, 3.63) is 11.5 Å². The maximum absolute atomic E-state index is 12.0. The number of ether oxygens (including phenoxy) is 1. The zero-order valence-electron chi connectivity index (χ0n) is 11.3. The fourth-order valence-corrected chi connectivity index (χ4v) is 1.66. The van der Waals surface area contributed by atoms with Crippen LogP contribution in [0.3, 0.4) is 0 Å². The standard InChI is InChI=1S/C11H20N4O4/c1-11(2,3)19-10(18)14-5-4-6-15(13)8(14)7(12)9(16)17/h4-6,12-13H2,1-3H3,(H,16,17)/b8-7-. The Morgan fingerprint density at radius 1 is 1.32 bits per heavy atom. The average molecular weight is 272 g/mol. The lowest BCUT2D eigenvalue weighted by molar-refractivity contribution is -0.133. The van der Waals surface area contributed by atoms with Crippen molar-refractivity contribution in [3.8, 4) is 0 Å². The highest BCUT2D eigenvalue weighted by atomic mass is 16.6. The van der Waals surface area contributed by atoms with Crippen molar-refractivity contribution in [2.75, 3.05) is 13.1 Å². The first-order valence-electron chi connectivity index (χ1n) is 5.89. The monoisotopic (exact) mass is 272 g/mol. The minimum absolute atomic E-state index is 0.0343. The van der Waals surface area contributed by atoms with Gasteiger partial charge in [0, 0.05) is 13.1 Å². The lowest BCUT2D eigenvalue weighted by Gasteiger charge is -2.37. The number of hydrazine groups is 1. The van der Waals surface area contributed by atoms with Crippen LogP contribution in [0.25, 0.3) is 0 Å². The first-order chi connectivity index (χ1) is 8.63. The molecule has 0 aromatic heterocycles. The number of aliphatic carboxylic acids is 1. The number of amides is 1. The van der Waals surface area contributed by atoms with E-state index in [1.807, 2.05) is 0 Å². The molecule has 108 valence electrons. The third kappa shape index (κ3) is 3.75. The summed E-state index contributed by atoms with van der Waals surface area (Å²) in [5.74, 6) is 4.33. The highest BCUT2D eigenvalue weighted by molar-refractivity contribution is 5.87. The van der Waals surface area contributed by atoms with Crippen molar-refractivity contribution in [2.24, 2.45) is 11.6 Å². The van der Waals surface area contributed by atoms with Gasteiger partial charge in [0.1, 0.15) is 5.60 Å². The number of carbonyl (C=O) groups excluding carboxylic acids is 1. The molecule has 8 nitrogen and oxygen atoms in total. The van der Waals surface area contributed by atoms with Gasteiger partial charge < -0.3 is 15.6 Å². The van der Waals surface area contributed by atoms with Gasteiger partial charge in [0.15, 0.2) is 11.5 Å². The smallest absolute Gasteiger partial charge is 0.416 e. The molecule has 0 radical (unpaired) electrons. The first kappa shape index (κ1) is 15.1. The van der Waals surface area contributed by atoms with Crippen LogP contribution in [0.2, 0.25) is 0 Å². The van der Waals surface area contributed by atoms with E-state index in [0.717, 1.165) is 9.91 Å². The molecular formula is C11H20N4O4. The fraction of sp³-hybridized carbons (Fsp3) is 0.636. The SMILES string of the molecule is CC(C)(C)OC(=O)N1CCCN(N)/C1=C(\N)C(=O)O. The summed E-state index contributed by atoms with van der Waals surface area (Å²) >= 11 is 0. The second-order valence-corrected chi connectivity index (χ2v) is 5.22. The number of nitrogens with two attached hydrogens (primary N) is 2. The summed E-state index contributed by atoms with van der Waals surface area (Å²) in [5, 5.41) is 10.1. The van der Waals surface area contributed by atoms with Crippen molar-refractivity contribution >= 4 is 12.1 Å². The van der Waals surface area contributed by atoms with Crippen molar-refractivity contribution in [1.29, 1.82) is 0 Å². The van der Waals surface area contributed by atoms with Crippen LogP contribution in [-0.4, -0.2) is 45.8 Å². The van der Waals surface area contributed by atoms with E-state index in [4.69, 9.17) is 21.4 Å². The van der Waals surface area contributed by atoms with E-state index in [2.05, 4.69) is 0 Å². The summed E-state index contributed by atoms with van der Waals surface area (Å²) in [5.41, 5.74) is 4.32. The molecule has 0 atom stereocenters. The number of carboxylic acid groups (broad SMARTS) is 1. The molecular weight excluding hydrogens is 252 g/mol. The summed E-state index contributed by atoms with van der Waals surface area (Å²) in [7, 11) is 0. The van der Waals surface area contributed by atoms with Crippen LogP contribution < -0.4 is 11.6 Å². The molecule has 1 heterocycles. The third-order valence-electron chi connectivity index (χ3n) is 2.39. The van der Waals surface area contributed by atoms with E-state index < -0.39 is 23.4 Å². The van der Waals surface area contributed by atoms with Gasteiger partial charge in [-0.2, -0.15) is 0 Å². The van der Waals surface area contributed by atoms with Gasteiger partial charge in [-0.3, -0.25) is 9.91 Å². The molecule has 0 saturated carbocycles. The normalized spacial score (nSPS) is 19.2. The summed E-state index contributed by atoms with van der Waals surface area (Å²) in [6.45, 7) is 5.89. The number of rotatable bonds is 1. The van der Waals surface area contributed by atoms with Crippen LogP contribution in [0.1, 0.15) is 27.2 Å². The number of carboxylic acids is 1. The van der Waals surface area contributed by atoms with E-state index in [9.17, 15) is 9.59 Å². The van der Waals surface area contributed by atoms with Crippen LogP contribution >= 0.6 is 0 Å². The van der Waals surface area contributed by atoms with Crippen molar-refractivity contribution in [2.45, 2.75) is 32.8 Å². The lowest BCUT2D eigenvalue weighted by atomic mass is 10.2. The van der Waals surface area contributed by atoms with E-state index in [1.165, 1.54) is 0 Å². The number of nitrogens with zero attached hydrogens (tertiary/aromatic N) is 2. The summed E-state index contributed by atoms with van der Waals surface area (Å²) < 4.78 is 5.21. The molecule has 5 N–H and O–H groups in total. The Morgan fingerprint density at radius 2 is 1.89 bits per heavy atom. The quantitative estimate of drug-likeness (QED) is 0.454. The summed E-state index contributed by atoms with van der Waals surface area (Å²) in [6.07, 6.45) is -0.0616. The largest absolute Gasteiger partial charge is 0.476 e. The zero-order valence-corrected chi connectivity index (χ0v) is 11.3. The van der Waals surface area contributed by atoms with Crippen LogP contribution in [0, 0.1) is 0 Å². The molecule has 1 saturated heterocycles. The molecule has 0 aromatic carbocycles. The van der Waals surface area contributed by atoms with Gasteiger partial charge in [-0.1, -0.05) is 0 Å². The molecule has 1 amide bonds. The molecule has 0 spiro atoms. The third-order valence-corrected chi connectivity index (χ3v) is 2.39. The van der Waals surface area contributed by atoms with E-state index in [-0.39, 0.29) is 5.82 Å². The first-order valence-corrected chi connectivity index (χ1v) is 5.89. The molecule has 1 aliphatic heterocycles. The maximum atomic E-state index is 12.0. The Labute approximate surface area is 111 Å². The maximum Gasteiger partial charge on any atom is 0.416 e. The predicted molar refractivity (Wildman–Crippen MR) is 67.3 cm³/mol. The second kappa shape index (κ2) is 5.35. The molecule has 0 bridgehead atoms. The molecule has 0 aliphatic carbocycles. The van der Waals surface area contributed by atoms with E-state index in [1.54, 1.807) is 20.8 Å². The molecule has 0 unspecified atom stereocenters. The van der Waals surface area contributed by atoms with Crippen LogP contribution in [-0.2, 0) is 9.53 Å². The van der Waals surface area contributed by atoms with Gasteiger partial charge in [0.05, 0.1) is 0 Å². The highest BCUT2D eigenvalue weighted by Crippen LogP contribution is 2.20. The van der Waals surface area contributed by atoms with Gasteiger partial charge in [-0.05, 0) is 27.2 Å². The molecule has 19 heavy (non-hydrogen) atoms. The number of carbonyl (C=O) groups is 2. The Bertz CT molecular complexity index is 413. The highest BCUT2D eigenvalue weighted by Gasteiger charge is 2.32. The zero-order chi connectivity index (χ0) is 14.8. The molecule has 1 aliphatic rings. The Morgan fingerprint density at radius 3 is 2.37 bits per heavy atom. The number of hydrogen-bond donors (Lipinski definition) is 3. The number of hydrogen-bond acceptors (Lipinski definition) is 6. The van der Waals surface area contributed by atoms with E-state index >= 15 is 0 Å². The topological polar surface area (TPSA) is 122 Å². The van der Waals surface area contributed by atoms with Crippen LogP contribution in [0.5, 0.6) is 0 Å². The fourth-order valence-electron chi connectivity index (χ4n) is 1.66. The van der Waals surface area contributed by atoms with Crippen LogP contribution in [0.15, 0.2) is 11.5 Å². The van der Waals surface area contributed by atoms with Crippen molar-refractivity contribution in [3.63, 3.8) is 0 Å². The van der Waals surface area contributed by atoms with Gasteiger partial charge in [0.25, 0.3) is 0 Å². The average Bonchev–Trinajstić information content (AvgIpc) is 2.25. The Hall–Kier alpha value is -1.96.